The number of nitrogens with two attached hydrogens (primary N) is 1. The van der Waals surface area contributed by atoms with Crippen LogP contribution in [0.3, 0.4) is 0 Å². The van der Waals surface area contributed by atoms with Gasteiger partial charge in [-0.15, -0.1) is 0 Å². The van der Waals surface area contributed by atoms with Gasteiger partial charge in [-0.3, -0.25) is 9.89 Å². The molecule has 1 saturated carbocycles. The van der Waals surface area contributed by atoms with Crippen LogP contribution in [-0.2, 0) is 15.3 Å². The minimum Gasteiger partial charge on any atom is -0.366 e. The molecule has 10 heteroatoms. The van der Waals surface area contributed by atoms with Crippen molar-refractivity contribution in [3.8, 4) is 0 Å². The van der Waals surface area contributed by atoms with Crippen LogP contribution < -0.4 is 5.73 Å². The summed E-state index contributed by atoms with van der Waals surface area (Å²) >= 11 is 0. The van der Waals surface area contributed by atoms with Crippen molar-refractivity contribution in [2.45, 2.75) is 42.8 Å². The smallest absolute Gasteiger partial charge is 0.251 e. The van der Waals surface area contributed by atoms with Gasteiger partial charge in [0.05, 0.1) is 15.8 Å². The van der Waals surface area contributed by atoms with Crippen molar-refractivity contribution >= 4 is 32.4 Å². The molecule has 0 radical (unpaired) electrons. The monoisotopic (exact) mass is 447 g/mol. The highest BCUT2D eigenvalue weighted by molar-refractivity contribution is 7.92. The number of fused-ring (bicyclic) bond motifs is 3. The maximum Gasteiger partial charge on any atom is 0.251 e. The van der Waals surface area contributed by atoms with E-state index in [1.807, 2.05) is 6.20 Å². The molecular formula is C21H26FN5O3S. The van der Waals surface area contributed by atoms with E-state index in [4.69, 9.17) is 5.73 Å². The molecule has 8 nitrogen and oxygen atoms in total. The van der Waals surface area contributed by atoms with Crippen LogP contribution in [0.5, 0.6) is 0 Å². The van der Waals surface area contributed by atoms with Crippen molar-refractivity contribution in [1.29, 1.82) is 0 Å². The summed E-state index contributed by atoms with van der Waals surface area (Å²) in [6.07, 6.45) is 6.43. The highest BCUT2D eigenvalue weighted by atomic mass is 32.2. The molecule has 166 valence electrons. The zero-order valence-corrected chi connectivity index (χ0v) is 18.4. The number of hydrogen-bond acceptors (Lipinski definition) is 5. The number of aromatic nitrogens is 3. The Hall–Kier alpha value is -2.46. The minimum atomic E-state index is -3.05. The molecular weight excluding hydrogens is 421 g/mol. The number of H-pyrrole nitrogens is 1. The first-order chi connectivity index (χ1) is 14.5. The number of aromatic amines is 1. The third-order valence-electron chi connectivity index (χ3n) is 7.28. The number of carbonyl (C=O) groups excluding carboxylic acids is 1. The average molecular weight is 448 g/mol. The summed E-state index contributed by atoms with van der Waals surface area (Å²) < 4.78 is 39.4. The molecule has 5 rings (SSSR count). The highest BCUT2D eigenvalue weighted by Gasteiger charge is 2.53. The fourth-order valence-electron chi connectivity index (χ4n) is 4.97. The molecule has 3 aromatic rings. The van der Waals surface area contributed by atoms with E-state index in [9.17, 15) is 17.6 Å². The summed E-state index contributed by atoms with van der Waals surface area (Å²) in [4.78, 5) is 18.7. The average Bonchev–Trinajstić information content (AvgIpc) is 3.23. The molecule has 2 aliphatic rings. The predicted molar refractivity (Wildman–Crippen MR) is 115 cm³/mol. The molecule has 0 atom stereocenters. The summed E-state index contributed by atoms with van der Waals surface area (Å²) in [6, 6.07) is 2.44. The van der Waals surface area contributed by atoms with Gasteiger partial charge in [0.1, 0.15) is 11.3 Å². The van der Waals surface area contributed by atoms with Crippen LogP contribution in [0, 0.1) is 5.82 Å². The van der Waals surface area contributed by atoms with Gasteiger partial charge in [-0.1, -0.05) is 6.92 Å². The Morgan fingerprint density at radius 2 is 1.94 bits per heavy atom. The Kier molecular flexibility index (Phi) is 4.30. The van der Waals surface area contributed by atoms with Gasteiger partial charge in [-0.05, 0) is 44.8 Å². The number of nitrogens with zero attached hydrogens (tertiary/aromatic N) is 3. The topological polar surface area (TPSA) is 114 Å². The summed E-state index contributed by atoms with van der Waals surface area (Å²) in [7, 11) is -3.05. The number of nitrogens with one attached hydrogen (secondary N) is 1. The fourth-order valence-corrected chi connectivity index (χ4v) is 6.23. The number of benzene rings is 1. The van der Waals surface area contributed by atoms with Gasteiger partial charge in [0, 0.05) is 36.0 Å². The zero-order chi connectivity index (χ0) is 22.2. The first-order valence-corrected chi connectivity index (χ1v) is 12.3. The van der Waals surface area contributed by atoms with Crippen molar-refractivity contribution in [3.05, 3.63) is 35.3 Å². The first kappa shape index (κ1) is 20.4. The Labute approximate surface area is 179 Å². The molecule has 3 heterocycles. The number of imidazole rings is 1. The Morgan fingerprint density at radius 3 is 2.52 bits per heavy atom. The maximum atomic E-state index is 14.0. The SMILES string of the molecule is CC1(c2c[nH]n3c2nc2cc(F)cc(C(N)=O)c23)CCN(CC2(S(C)(=O)=O)CC2)CC1. The Bertz CT molecular complexity index is 1310. The van der Waals surface area contributed by atoms with Gasteiger partial charge < -0.3 is 10.6 Å². The van der Waals surface area contributed by atoms with E-state index < -0.39 is 26.3 Å². The number of amides is 1. The lowest BCUT2D eigenvalue weighted by Crippen LogP contribution is -2.46. The fraction of sp³-hybridized carbons (Fsp3) is 0.524. The number of halogens is 1. The van der Waals surface area contributed by atoms with Crippen molar-refractivity contribution in [2.75, 3.05) is 25.9 Å². The second-order valence-corrected chi connectivity index (χ2v) is 11.8. The van der Waals surface area contributed by atoms with Gasteiger partial charge >= 0.3 is 0 Å². The molecule has 1 aliphatic carbocycles. The number of piperidine rings is 1. The van der Waals surface area contributed by atoms with E-state index in [0.717, 1.165) is 50.4 Å². The van der Waals surface area contributed by atoms with Gasteiger partial charge in [0.15, 0.2) is 15.5 Å². The van der Waals surface area contributed by atoms with E-state index in [0.29, 0.717) is 23.2 Å². The van der Waals surface area contributed by atoms with Gasteiger partial charge in [0.2, 0.25) is 0 Å². The molecule has 1 aliphatic heterocycles. The number of likely N-dealkylation sites (tertiary alicyclic amines) is 1. The minimum absolute atomic E-state index is 0.0892. The maximum absolute atomic E-state index is 14.0. The van der Waals surface area contributed by atoms with E-state index in [1.54, 1.807) is 4.52 Å². The number of carbonyl (C=O) groups is 1. The second kappa shape index (κ2) is 6.52. The molecule has 1 amide bonds. The predicted octanol–water partition coefficient (Wildman–Crippen LogP) is 1.98. The third-order valence-corrected chi connectivity index (χ3v) is 9.39. The summed E-state index contributed by atoms with van der Waals surface area (Å²) in [5.41, 5.74) is 7.90. The lowest BCUT2D eigenvalue weighted by Gasteiger charge is -2.40. The number of sulfone groups is 1. The number of rotatable bonds is 5. The molecule has 1 saturated heterocycles. The molecule has 2 fully saturated rings. The molecule has 31 heavy (non-hydrogen) atoms. The lowest BCUT2D eigenvalue weighted by atomic mass is 9.75. The summed E-state index contributed by atoms with van der Waals surface area (Å²) in [6.45, 7) is 4.36. The van der Waals surface area contributed by atoms with Gasteiger partial charge in [-0.2, -0.15) is 0 Å². The van der Waals surface area contributed by atoms with Crippen LogP contribution in [0.4, 0.5) is 4.39 Å². The van der Waals surface area contributed by atoms with Crippen LogP contribution in [0.25, 0.3) is 16.7 Å². The van der Waals surface area contributed by atoms with Gasteiger partial charge in [0.25, 0.3) is 5.91 Å². The number of primary amides is 1. The summed E-state index contributed by atoms with van der Waals surface area (Å²) in [5.74, 6) is -1.26. The number of hydrogen-bond donors (Lipinski definition) is 2. The molecule has 3 N–H and O–H groups in total. The van der Waals surface area contributed by atoms with Crippen molar-refractivity contribution in [3.63, 3.8) is 0 Å². The normalized spacial score (nSPS) is 21.0. The standard InChI is InChI=1S/C21H26FN5O3S/c1-20(5-7-26(8-6-20)12-21(3-4-21)31(2,29)30)15-11-24-27-17-14(18(23)28)9-13(22)10-16(17)25-19(15)27/h9-11,24H,3-8,12H2,1-2H3,(H2,23,28). The van der Waals surface area contributed by atoms with Crippen molar-refractivity contribution in [1.82, 2.24) is 19.5 Å². The van der Waals surface area contributed by atoms with E-state index in [1.165, 1.54) is 12.3 Å². The molecule has 0 spiro atoms. The first-order valence-electron chi connectivity index (χ1n) is 10.4. The molecule has 1 aromatic carbocycles. The molecule has 0 bridgehead atoms. The largest absolute Gasteiger partial charge is 0.366 e. The van der Waals surface area contributed by atoms with Gasteiger partial charge in [-0.25, -0.2) is 22.3 Å². The van der Waals surface area contributed by atoms with Crippen LogP contribution >= 0.6 is 0 Å². The Balaban J connectivity index is 1.45. The quantitative estimate of drug-likeness (QED) is 0.621. The van der Waals surface area contributed by atoms with Crippen LogP contribution in [0.2, 0.25) is 0 Å². The Morgan fingerprint density at radius 1 is 1.26 bits per heavy atom. The molecule has 0 unspecified atom stereocenters. The van der Waals surface area contributed by atoms with E-state index in [2.05, 4.69) is 21.9 Å². The van der Waals surface area contributed by atoms with Crippen molar-refractivity contribution in [2.24, 2.45) is 5.73 Å². The van der Waals surface area contributed by atoms with Crippen molar-refractivity contribution < 1.29 is 17.6 Å². The molecule has 2 aromatic heterocycles. The van der Waals surface area contributed by atoms with Crippen LogP contribution in [0.1, 0.15) is 48.5 Å². The van der Waals surface area contributed by atoms with Crippen LogP contribution in [0.15, 0.2) is 18.3 Å². The van der Waals surface area contributed by atoms with Crippen LogP contribution in [-0.4, -0.2) is 64.5 Å². The zero-order valence-electron chi connectivity index (χ0n) is 17.6. The van der Waals surface area contributed by atoms with E-state index in [-0.39, 0.29) is 11.0 Å². The summed E-state index contributed by atoms with van der Waals surface area (Å²) in [5, 5.41) is 3.16. The van der Waals surface area contributed by atoms with E-state index >= 15 is 0 Å². The second-order valence-electron chi connectivity index (χ2n) is 9.44. The lowest BCUT2D eigenvalue weighted by molar-refractivity contribution is 0.100. The highest BCUT2D eigenvalue weighted by Crippen LogP contribution is 2.45. The third kappa shape index (κ3) is 3.15.